The molecule has 0 aliphatic heterocycles. The van der Waals surface area contributed by atoms with Gasteiger partial charge in [0.25, 0.3) is 10.0 Å². The highest BCUT2D eigenvalue weighted by Crippen LogP contribution is 2.26. The maximum atomic E-state index is 14.0. The van der Waals surface area contributed by atoms with Gasteiger partial charge in [0.1, 0.15) is 12.6 Å². The van der Waals surface area contributed by atoms with Crippen LogP contribution in [0.4, 0.5) is 5.69 Å². The lowest BCUT2D eigenvalue weighted by atomic mass is 10.1. The lowest BCUT2D eigenvalue weighted by Gasteiger charge is -2.33. The molecule has 1 atom stereocenters. The summed E-state index contributed by atoms with van der Waals surface area (Å²) in [6.45, 7) is 7.99. The van der Waals surface area contributed by atoms with E-state index in [0.717, 1.165) is 15.4 Å². The van der Waals surface area contributed by atoms with Crippen molar-refractivity contribution >= 4 is 39.1 Å². The Morgan fingerprint density at radius 3 is 2.12 bits per heavy atom. The Balaban J connectivity index is 1.99. The lowest BCUT2D eigenvalue weighted by Crippen LogP contribution is -2.53. The largest absolute Gasteiger partial charge is 0.354 e. The highest BCUT2D eigenvalue weighted by atomic mass is 35.5. The Kier molecular flexibility index (Phi) is 11.2. The van der Waals surface area contributed by atoms with Crippen molar-refractivity contribution in [1.82, 2.24) is 10.2 Å². The average Bonchev–Trinajstić information content (AvgIpc) is 2.93. The van der Waals surface area contributed by atoms with Crippen LogP contribution >= 0.6 is 11.6 Å². The molecule has 0 aliphatic carbocycles. The van der Waals surface area contributed by atoms with E-state index in [1.165, 1.54) is 17.0 Å². The Bertz CT molecular complexity index is 1360. The van der Waals surface area contributed by atoms with E-state index in [1.54, 1.807) is 36.4 Å². The summed E-state index contributed by atoms with van der Waals surface area (Å²) in [7, 11) is -4.11. The molecule has 9 heteroatoms. The molecule has 0 bridgehead atoms. The summed E-state index contributed by atoms with van der Waals surface area (Å²) < 4.78 is 28.8. The van der Waals surface area contributed by atoms with Crippen molar-refractivity contribution in [3.05, 3.63) is 95.0 Å². The summed E-state index contributed by atoms with van der Waals surface area (Å²) in [5.74, 6) is -0.472. The molecule has 0 saturated carbocycles. The molecule has 0 saturated heterocycles. The standard InChI is InChI=1S/C31H38ClN3O4S/c1-5-29(31(37)33-21-23(2)3)34(20-19-25-9-7-6-8-10-25)30(36)22-35(27-15-13-26(32)14-16-27)40(38,39)28-17-11-24(4)12-18-28/h6-18,23,29H,5,19-22H2,1-4H3,(H,33,37)/t29-/m0/s1. The number of hydrogen-bond acceptors (Lipinski definition) is 4. The van der Waals surface area contributed by atoms with Crippen molar-refractivity contribution in [1.29, 1.82) is 0 Å². The molecule has 3 rings (SSSR count). The zero-order valence-corrected chi connectivity index (χ0v) is 25.1. The highest BCUT2D eigenvalue weighted by Gasteiger charge is 2.33. The van der Waals surface area contributed by atoms with Gasteiger partial charge < -0.3 is 10.2 Å². The number of carbonyl (C=O) groups excluding carboxylic acids is 2. The summed E-state index contributed by atoms with van der Waals surface area (Å²) in [4.78, 5) is 28.8. The van der Waals surface area contributed by atoms with E-state index in [9.17, 15) is 18.0 Å². The molecule has 2 amide bonds. The number of halogens is 1. The van der Waals surface area contributed by atoms with Crippen LogP contribution in [0.25, 0.3) is 0 Å². The number of nitrogens with zero attached hydrogens (tertiary/aromatic N) is 2. The molecule has 0 unspecified atom stereocenters. The van der Waals surface area contributed by atoms with E-state index >= 15 is 0 Å². The van der Waals surface area contributed by atoms with E-state index in [0.29, 0.717) is 30.1 Å². The normalized spacial score (nSPS) is 12.2. The zero-order chi connectivity index (χ0) is 29.3. The van der Waals surface area contributed by atoms with Gasteiger partial charge in [-0.25, -0.2) is 8.42 Å². The van der Waals surface area contributed by atoms with Crippen LogP contribution in [0.2, 0.25) is 5.02 Å². The van der Waals surface area contributed by atoms with Gasteiger partial charge in [0.05, 0.1) is 10.6 Å². The summed E-state index contributed by atoms with van der Waals surface area (Å²) in [5.41, 5.74) is 2.23. The van der Waals surface area contributed by atoms with Gasteiger partial charge >= 0.3 is 0 Å². The van der Waals surface area contributed by atoms with Crippen LogP contribution in [0.5, 0.6) is 0 Å². The van der Waals surface area contributed by atoms with Gasteiger partial charge in [0, 0.05) is 18.1 Å². The van der Waals surface area contributed by atoms with Gasteiger partial charge in [0.15, 0.2) is 0 Å². The molecule has 0 spiro atoms. The van der Waals surface area contributed by atoms with Gasteiger partial charge in [-0.05, 0) is 67.6 Å². The third kappa shape index (κ3) is 8.32. The first kappa shape index (κ1) is 31.2. The molecule has 0 aromatic heterocycles. The van der Waals surface area contributed by atoms with E-state index in [1.807, 2.05) is 58.0 Å². The van der Waals surface area contributed by atoms with Crippen LogP contribution in [-0.4, -0.2) is 50.8 Å². The van der Waals surface area contributed by atoms with Crippen LogP contribution in [0.1, 0.15) is 38.3 Å². The number of aryl methyl sites for hydroxylation is 1. The number of carbonyl (C=O) groups is 2. The molecule has 3 aromatic carbocycles. The Labute approximate surface area is 243 Å². The fraction of sp³-hybridized carbons (Fsp3) is 0.355. The molecule has 7 nitrogen and oxygen atoms in total. The third-order valence-corrected chi connectivity index (χ3v) is 8.60. The summed E-state index contributed by atoms with van der Waals surface area (Å²) in [6.07, 6.45) is 0.905. The predicted octanol–water partition coefficient (Wildman–Crippen LogP) is 5.47. The number of anilines is 1. The minimum atomic E-state index is -4.11. The number of sulfonamides is 1. The SMILES string of the molecule is CC[C@@H](C(=O)NCC(C)C)N(CCc1ccccc1)C(=O)CN(c1ccc(Cl)cc1)S(=O)(=O)c1ccc(C)cc1. The van der Waals surface area contributed by atoms with Crippen molar-refractivity contribution in [2.45, 2.75) is 51.5 Å². The predicted molar refractivity (Wildman–Crippen MR) is 161 cm³/mol. The molecular formula is C31H38ClN3O4S. The molecule has 214 valence electrons. The number of rotatable bonds is 13. The smallest absolute Gasteiger partial charge is 0.264 e. The lowest BCUT2D eigenvalue weighted by molar-refractivity contribution is -0.139. The van der Waals surface area contributed by atoms with Crippen LogP contribution in [0.15, 0.2) is 83.8 Å². The van der Waals surface area contributed by atoms with Crippen molar-refractivity contribution in [2.24, 2.45) is 5.92 Å². The van der Waals surface area contributed by atoms with E-state index < -0.39 is 28.5 Å². The topological polar surface area (TPSA) is 86.8 Å². The number of hydrogen-bond donors (Lipinski definition) is 1. The van der Waals surface area contributed by atoms with Gasteiger partial charge in [-0.15, -0.1) is 0 Å². The number of amides is 2. The van der Waals surface area contributed by atoms with Gasteiger partial charge in [-0.2, -0.15) is 0 Å². The van der Waals surface area contributed by atoms with E-state index in [4.69, 9.17) is 11.6 Å². The van der Waals surface area contributed by atoms with Crippen LogP contribution in [0.3, 0.4) is 0 Å². The molecule has 0 fully saturated rings. The minimum absolute atomic E-state index is 0.0680. The van der Waals surface area contributed by atoms with Crippen molar-refractivity contribution in [2.75, 3.05) is 23.9 Å². The maximum absolute atomic E-state index is 14.0. The number of benzene rings is 3. The van der Waals surface area contributed by atoms with Crippen LogP contribution in [-0.2, 0) is 26.0 Å². The fourth-order valence-corrected chi connectivity index (χ4v) is 5.83. The van der Waals surface area contributed by atoms with Gasteiger partial charge in [-0.3, -0.25) is 13.9 Å². The molecular weight excluding hydrogens is 546 g/mol. The monoisotopic (exact) mass is 583 g/mol. The van der Waals surface area contributed by atoms with E-state index in [2.05, 4.69) is 5.32 Å². The maximum Gasteiger partial charge on any atom is 0.264 e. The van der Waals surface area contributed by atoms with Crippen LogP contribution < -0.4 is 9.62 Å². The van der Waals surface area contributed by atoms with Crippen molar-refractivity contribution < 1.29 is 18.0 Å². The second-order valence-electron chi connectivity index (χ2n) is 10.2. The minimum Gasteiger partial charge on any atom is -0.354 e. The Morgan fingerprint density at radius 2 is 1.55 bits per heavy atom. The van der Waals surface area contributed by atoms with Gasteiger partial charge in [-0.1, -0.05) is 80.4 Å². The first-order valence-electron chi connectivity index (χ1n) is 13.5. The molecule has 0 aliphatic rings. The van der Waals surface area contributed by atoms with Crippen LogP contribution in [0, 0.1) is 12.8 Å². The second kappa shape index (κ2) is 14.3. The van der Waals surface area contributed by atoms with Gasteiger partial charge in [0.2, 0.25) is 11.8 Å². The third-order valence-electron chi connectivity index (χ3n) is 6.56. The zero-order valence-electron chi connectivity index (χ0n) is 23.5. The molecule has 0 heterocycles. The van der Waals surface area contributed by atoms with E-state index in [-0.39, 0.29) is 23.3 Å². The average molecular weight is 584 g/mol. The van der Waals surface area contributed by atoms with Crippen molar-refractivity contribution in [3.8, 4) is 0 Å². The Hall–Kier alpha value is -3.36. The first-order chi connectivity index (χ1) is 19.0. The summed E-state index contributed by atoms with van der Waals surface area (Å²) in [6, 6.07) is 21.7. The second-order valence-corrected chi connectivity index (χ2v) is 12.5. The quantitative estimate of drug-likeness (QED) is 0.289. The molecule has 1 N–H and O–H groups in total. The molecule has 40 heavy (non-hydrogen) atoms. The van der Waals surface area contributed by atoms with Crippen molar-refractivity contribution in [3.63, 3.8) is 0 Å². The fourth-order valence-electron chi connectivity index (χ4n) is 4.29. The molecule has 3 aromatic rings. The number of nitrogens with one attached hydrogen (secondary N) is 1. The summed E-state index contributed by atoms with van der Waals surface area (Å²) >= 11 is 6.08. The molecule has 0 radical (unpaired) electrons. The highest BCUT2D eigenvalue weighted by molar-refractivity contribution is 7.92. The summed E-state index contributed by atoms with van der Waals surface area (Å²) in [5, 5.41) is 3.38. The first-order valence-corrected chi connectivity index (χ1v) is 15.3. The Morgan fingerprint density at radius 1 is 0.925 bits per heavy atom.